The van der Waals surface area contributed by atoms with Crippen LogP contribution in [0, 0.1) is 0 Å². The van der Waals surface area contributed by atoms with E-state index in [0.29, 0.717) is 5.37 Å². The lowest BCUT2D eigenvalue weighted by molar-refractivity contribution is 0.0710. The van der Waals surface area contributed by atoms with E-state index >= 15 is 0 Å². The molecule has 0 saturated carbocycles. The number of piperazine rings is 1. The van der Waals surface area contributed by atoms with Crippen molar-refractivity contribution in [2.75, 3.05) is 32.7 Å². The Bertz CT molecular complexity index is 350. The first kappa shape index (κ1) is 13.9. The van der Waals surface area contributed by atoms with Gasteiger partial charge in [0.2, 0.25) is 0 Å². The van der Waals surface area contributed by atoms with Gasteiger partial charge in [0.25, 0.3) is 0 Å². The van der Waals surface area contributed by atoms with Crippen LogP contribution in [0.1, 0.15) is 18.6 Å². The third-order valence-electron chi connectivity index (χ3n) is 3.55. The summed E-state index contributed by atoms with van der Waals surface area (Å²) in [6.45, 7) is 6.92. The smallest absolute Gasteiger partial charge is 0.0916 e. The molecule has 0 aromatic heterocycles. The number of nitrogens with zero attached hydrogens (tertiary/aromatic N) is 2. The van der Waals surface area contributed by atoms with Gasteiger partial charge in [0.15, 0.2) is 0 Å². The molecule has 1 aromatic carbocycles. The van der Waals surface area contributed by atoms with Crippen LogP contribution in [0.15, 0.2) is 30.3 Å². The molecule has 0 spiro atoms. The van der Waals surface area contributed by atoms with Gasteiger partial charge in [-0.2, -0.15) is 12.6 Å². The number of hydrogen-bond donors (Lipinski definition) is 2. The van der Waals surface area contributed by atoms with E-state index in [4.69, 9.17) is 0 Å². The highest BCUT2D eigenvalue weighted by molar-refractivity contribution is 7.80. The molecule has 1 heterocycles. The maximum atomic E-state index is 10.2. The fourth-order valence-corrected chi connectivity index (χ4v) is 2.58. The normalized spacial score (nSPS) is 21.7. The van der Waals surface area contributed by atoms with Crippen LogP contribution in [0.5, 0.6) is 0 Å². The summed E-state index contributed by atoms with van der Waals surface area (Å²) in [5.41, 5.74) is 1.00. The average Bonchev–Trinajstić information content (AvgIpc) is 2.40. The minimum atomic E-state index is -0.383. The number of β-amino-alcohol motifs (C(OH)–C–C–N with tert-alkyl or cyclic N) is 1. The maximum absolute atomic E-state index is 10.2. The lowest BCUT2D eigenvalue weighted by Crippen LogP contribution is -2.49. The molecule has 1 unspecified atom stereocenters. The fourth-order valence-electron chi connectivity index (χ4n) is 2.34. The first-order valence-electron chi connectivity index (χ1n) is 6.54. The van der Waals surface area contributed by atoms with Crippen LogP contribution < -0.4 is 0 Å². The Morgan fingerprint density at radius 1 is 1.17 bits per heavy atom. The molecule has 0 radical (unpaired) electrons. The minimum Gasteiger partial charge on any atom is -0.387 e. The van der Waals surface area contributed by atoms with Crippen molar-refractivity contribution >= 4 is 12.6 Å². The van der Waals surface area contributed by atoms with Crippen LogP contribution in [0.25, 0.3) is 0 Å². The molecular formula is C14H22N2OS. The van der Waals surface area contributed by atoms with Crippen molar-refractivity contribution < 1.29 is 5.11 Å². The Labute approximate surface area is 115 Å². The number of aliphatic hydroxyl groups is 1. The molecule has 2 rings (SSSR count). The van der Waals surface area contributed by atoms with Gasteiger partial charge in [-0.15, -0.1) is 0 Å². The van der Waals surface area contributed by atoms with E-state index in [-0.39, 0.29) is 6.10 Å². The molecule has 1 fully saturated rings. The quantitative estimate of drug-likeness (QED) is 0.811. The van der Waals surface area contributed by atoms with Gasteiger partial charge < -0.3 is 5.11 Å². The summed E-state index contributed by atoms with van der Waals surface area (Å²) in [7, 11) is 0. The van der Waals surface area contributed by atoms with Crippen LogP contribution >= 0.6 is 12.6 Å². The Morgan fingerprint density at radius 3 is 2.33 bits per heavy atom. The second-order valence-electron chi connectivity index (χ2n) is 4.89. The SMILES string of the molecule is C[C@H](S)N1CCN(CC(O)c2ccccc2)CC1. The van der Waals surface area contributed by atoms with E-state index in [1.54, 1.807) is 0 Å². The number of thiol groups is 1. The topological polar surface area (TPSA) is 26.7 Å². The molecule has 100 valence electrons. The summed E-state index contributed by atoms with van der Waals surface area (Å²) in [6.07, 6.45) is -0.383. The van der Waals surface area contributed by atoms with Crippen molar-refractivity contribution in [3.63, 3.8) is 0 Å². The van der Waals surface area contributed by atoms with Gasteiger partial charge in [0.05, 0.1) is 6.10 Å². The first-order valence-corrected chi connectivity index (χ1v) is 7.06. The van der Waals surface area contributed by atoms with E-state index in [1.165, 1.54) is 0 Å². The number of rotatable bonds is 4. The molecule has 2 atom stereocenters. The highest BCUT2D eigenvalue weighted by atomic mass is 32.1. The van der Waals surface area contributed by atoms with Gasteiger partial charge in [-0.3, -0.25) is 9.80 Å². The molecular weight excluding hydrogens is 244 g/mol. The second-order valence-corrected chi connectivity index (χ2v) is 5.64. The Kier molecular flexibility index (Phi) is 5.06. The third kappa shape index (κ3) is 3.72. The summed E-state index contributed by atoms with van der Waals surface area (Å²) in [6, 6.07) is 9.88. The van der Waals surface area contributed by atoms with E-state index in [2.05, 4.69) is 29.4 Å². The molecule has 3 nitrogen and oxygen atoms in total. The van der Waals surface area contributed by atoms with Crippen molar-refractivity contribution in [3.8, 4) is 0 Å². The predicted molar refractivity (Wildman–Crippen MR) is 77.9 cm³/mol. The molecule has 18 heavy (non-hydrogen) atoms. The van der Waals surface area contributed by atoms with Crippen LogP contribution in [0.2, 0.25) is 0 Å². The summed E-state index contributed by atoms with van der Waals surface area (Å²) < 4.78 is 0. The van der Waals surface area contributed by atoms with Gasteiger partial charge in [0.1, 0.15) is 0 Å². The first-order chi connectivity index (χ1) is 8.66. The summed E-state index contributed by atoms with van der Waals surface area (Å²) in [4.78, 5) is 4.68. The van der Waals surface area contributed by atoms with Crippen LogP contribution in [0.3, 0.4) is 0 Å². The van der Waals surface area contributed by atoms with Crippen molar-refractivity contribution in [2.45, 2.75) is 18.4 Å². The molecule has 1 aromatic rings. The molecule has 0 bridgehead atoms. The zero-order valence-electron chi connectivity index (χ0n) is 10.9. The van der Waals surface area contributed by atoms with Crippen LogP contribution in [-0.2, 0) is 0 Å². The fraction of sp³-hybridized carbons (Fsp3) is 0.571. The zero-order chi connectivity index (χ0) is 13.0. The Balaban J connectivity index is 1.81. The van der Waals surface area contributed by atoms with Gasteiger partial charge in [-0.05, 0) is 12.5 Å². The summed E-state index contributed by atoms with van der Waals surface area (Å²) >= 11 is 4.46. The molecule has 1 saturated heterocycles. The third-order valence-corrected chi connectivity index (χ3v) is 3.88. The standard InChI is InChI=1S/C14H22N2OS/c1-12(18)16-9-7-15(8-10-16)11-14(17)13-5-3-2-4-6-13/h2-6,12,14,17-18H,7-11H2,1H3/t12-,14?/m0/s1. The van der Waals surface area contributed by atoms with Crippen molar-refractivity contribution in [2.24, 2.45) is 0 Å². The Morgan fingerprint density at radius 2 is 1.78 bits per heavy atom. The zero-order valence-corrected chi connectivity index (χ0v) is 11.8. The number of aliphatic hydroxyl groups excluding tert-OH is 1. The van der Waals surface area contributed by atoms with Crippen LogP contribution in [-0.4, -0.2) is 53.0 Å². The van der Waals surface area contributed by atoms with E-state index in [0.717, 1.165) is 38.3 Å². The number of benzene rings is 1. The Hall–Kier alpha value is -0.550. The van der Waals surface area contributed by atoms with Crippen molar-refractivity contribution in [3.05, 3.63) is 35.9 Å². The lowest BCUT2D eigenvalue weighted by Gasteiger charge is -2.37. The highest BCUT2D eigenvalue weighted by Gasteiger charge is 2.21. The molecule has 1 N–H and O–H groups in total. The summed E-state index contributed by atoms with van der Waals surface area (Å²) in [5, 5.41) is 10.5. The van der Waals surface area contributed by atoms with Gasteiger partial charge >= 0.3 is 0 Å². The summed E-state index contributed by atoms with van der Waals surface area (Å²) in [5.74, 6) is 0. The van der Waals surface area contributed by atoms with Gasteiger partial charge in [0, 0.05) is 38.1 Å². The maximum Gasteiger partial charge on any atom is 0.0916 e. The highest BCUT2D eigenvalue weighted by Crippen LogP contribution is 2.15. The van der Waals surface area contributed by atoms with Gasteiger partial charge in [-0.25, -0.2) is 0 Å². The minimum absolute atomic E-state index is 0.325. The molecule has 0 aliphatic carbocycles. The van der Waals surface area contributed by atoms with E-state index < -0.39 is 0 Å². The largest absolute Gasteiger partial charge is 0.387 e. The predicted octanol–water partition coefficient (Wildman–Crippen LogP) is 1.61. The molecule has 0 amide bonds. The molecule has 1 aliphatic heterocycles. The van der Waals surface area contributed by atoms with E-state index in [1.807, 2.05) is 30.3 Å². The molecule has 4 heteroatoms. The number of hydrogen-bond acceptors (Lipinski definition) is 4. The monoisotopic (exact) mass is 266 g/mol. The lowest BCUT2D eigenvalue weighted by atomic mass is 10.1. The second kappa shape index (κ2) is 6.57. The van der Waals surface area contributed by atoms with E-state index in [9.17, 15) is 5.11 Å². The average molecular weight is 266 g/mol. The van der Waals surface area contributed by atoms with Crippen molar-refractivity contribution in [1.82, 2.24) is 9.80 Å². The molecule has 1 aliphatic rings. The van der Waals surface area contributed by atoms with Crippen LogP contribution in [0.4, 0.5) is 0 Å². The van der Waals surface area contributed by atoms with Gasteiger partial charge in [-0.1, -0.05) is 30.3 Å². The van der Waals surface area contributed by atoms with Crippen molar-refractivity contribution in [1.29, 1.82) is 0 Å².